The van der Waals surface area contributed by atoms with E-state index in [0.717, 1.165) is 19.5 Å². The number of carbonyl (C=O) groups is 1. The minimum absolute atomic E-state index is 0.180. The summed E-state index contributed by atoms with van der Waals surface area (Å²) in [4.78, 5) is 27.3. The van der Waals surface area contributed by atoms with E-state index in [1.807, 2.05) is 18.2 Å². The van der Waals surface area contributed by atoms with Crippen LogP contribution in [0.5, 0.6) is 0 Å². The van der Waals surface area contributed by atoms with Gasteiger partial charge in [-0.2, -0.15) is 5.10 Å². The van der Waals surface area contributed by atoms with Crippen molar-refractivity contribution in [3.63, 3.8) is 0 Å². The molecule has 0 radical (unpaired) electrons. The van der Waals surface area contributed by atoms with Gasteiger partial charge in [-0.05, 0) is 23.6 Å². The molecule has 0 spiro atoms. The van der Waals surface area contributed by atoms with E-state index in [4.69, 9.17) is 0 Å². The van der Waals surface area contributed by atoms with Crippen molar-refractivity contribution in [2.75, 3.05) is 20.1 Å². The van der Waals surface area contributed by atoms with Crippen molar-refractivity contribution in [3.8, 4) is 0 Å². The van der Waals surface area contributed by atoms with Gasteiger partial charge in [0.05, 0.1) is 12.1 Å². The second kappa shape index (κ2) is 7.78. The van der Waals surface area contributed by atoms with E-state index in [2.05, 4.69) is 33.5 Å². The molecule has 2 aromatic carbocycles. The number of fused-ring (bicyclic) bond motifs is 1. The van der Waals surface area contributed by atoms with Crippen molar-refractivity contribution >= 4 is 22.3 Å². The van der Waals surface area contributed by atoms with Gasteiger partial charge < -0.3 is 5.32 Å². The maximum absolute atomic E-state index is 12.9. The van der Waals surface area contributed by atoms with E-state index in [0.29, 0.717) is 17.4 Å². The Morgan fingerprint density at radius 2 is 1.79 bits per heavy atom. The zero-order valence-electron chi connectivity index (χ0n) is 15.8. The van der Waals surface area contributed by atoms with Crippen molar-refractivity contribution in [2.24, 2.45) is 0 Å². The first kappa shape index (κ1) is 18.1. The number of rotatable bonds is 4. The number of carbonyl (C=O) groups excluding carboxylic acids is 1. The number of hydrogen-bond acceptors (Lipinski definition) is 4. The number of nitrogens with zero attached hydrogens (tertiary/aromatic N) is 3. The summed E-state index contributed by atoms with van der Waals surface area (Å²) in [6.07, 6.45) is 3.11. The molecule has 2 heterocycles. The number of aromatic nitrogens is 2. The summed E-state index contributed by atoms with van der Waals surface area (Å²) >= 11 is 0. The molecule has 1 amide bonds. The van der Waals surface area contributed by atoms with Crippen molar-refractivity contribution in [2.45, 2.75) is 13.1 Å². The SMILES string of the molecule is CNC(=O)c1nn(CN2CC=C(c3ccccc3)CC2)c(=O)c2ccccc12. The fourth-order valence-electron chi connectivity index (χ4n) is 3.56. The summed E-state index contributed by atoms with van der Waals surface area (Å²) in [5.41, 5.74) is 2.66. The third-order valence-electron chi connectivity index (χ3n) is 5.08. The lowest BCUT2D eigenvalue weighted by Gasteiger charge is -2.26. The van der Waals surface area contributed by atoms with Crippen LogP contribution in [-0.2, 0) is 6.67 Å². The van der Waals surface area contributed by atoms with Gasteiger partial charge in [0.25, 0.3) is 11.5 Å². The number of nitrogens with one attached hydrogen (secondary N) is 1. The topological polar surface area (TPSA) is 67.2 Å². The van der Waals surface area contributed by atoms with Crippen molar-refractivity contribution < 1.29 is 4.79 Å². The van der Waals surface area contributed by atoms with Crippen LogP contribution in [0.15, 0.2) is 65.5 Å². The molecular formula is C22H22N4O2. The Kier molecular flexibility index (Phi) is 5.04. The van der Waals surface area contributed by atoms with E-state index in [1.165, 1.54) is 15.8 Å². The fourth-order valence-corrected chi connectivity index (χ4v) is 3.56. The smallest absolute Gasteiger partial charge is 0.275 e. The number of amides is 1. The molecule has 4 rings (SSSR count). The van der Waals surface area contributed by atoms with Crippen LogP contribution in [0.1, 0.15) is 22.5 Å². The standard InChI is InChI=1S/C22H22N4O2/c1-23-21(27)20-18-9-5-6-10-19(18)22(28)26(24-20)15-25-13-11-17(12-14-25)16-7-3-2-4-8-16/h2-11H,12-15H2,1H3,(H,23,27). The van der Waals surface area contributed by atoms with E-state index in [-0.39, 0.29) is 17.2 Å². The highest BCUT2D eigenvalue weighted by Crippen LogP contribution is 2.22. The lowest BCUT2D eigenvalue weighted by Crippen LogP contribution is -2.37. The van der Waals surface area contributed by atoms with Crippen LogP contribution >= 0.6 is 0 Å². The van der Waals surface area contributed by atoms with Crippen LogP contribution in [0.4, 0.5) is 0 Å². The molecule has 0 saturated carbocycles. The van der Waals surface area contributed by atoms with Gasteiger partial charge >= 0.3 is 0 Å². The van der Waals surface area contributed by atoms with Gasteiger partial charge in [-0.25, -0.2) is 4.68 Å². The first-order valence-corrected chi connectivity index (χ1v) is 9.36. The monoisotopic (exact) mass is 374 g/mol. The Balaban J connectivity index is 1.62. The third kappa shape index (κ3) is 3.46. The van der Waals surface area contributed by atoms with E-state index < -0.39 is 0 Å². The molecule has 1 aromatic heterocycles. The first-order valence-electron chi connectivity index (χ1n) is 9.36. The Morgan fingerprint density at radius 3 is 2.46 bits per heavy atom. The quantitative estimate of drug-likeness (QED) is 0.762. The Labute approximate surface area is 163 Å². The lowest BCUT2D eigenvalue weighted by molar-refractivity contribution is 0.0956. The second-order valence-corrected chi connectivity index (χ2v) is 6.84. The van der Waals surface area contributed by atoms with Gasteiger partial charge in [-0.1, -0.05) is 54.6 Å². The highest BCUT2D eigenvalue weighted by molar-refractivity contribution is 6.04. The molecule has 1 N–H and O–H groups in total. The van der Waals surface area contributed by atoms with Crippen LogP contribution in [0.25, 0.3) is 16.3 Å². The zero-order chi connectivity index (χ0) is 19.5. The lowest BCUT2D eigenvalue weighted by atomic mass is 10.00. The van der Waals surface area contributed by atoms with Crippen LogP contribution in [-0.4, -0.2) is 40.7 Å². The summed E-state index contributed by atoms with van der Waals surface area (Å²) in [7, 11) is 1.56. The van der Waals surface area contributed by atoms with Crippen molar-refractivity contribution in [1.82, 2.24) is 20.0 Å². The molecule has 0 fully saturated rings. The molecule has 6 nitrogen and oxygen atoms in total. The average Bonchev–Trinajstić information content (AvgIpc) is 2.76. The molecule has 0 bridgehead atoms. The van der Waals surface area contributed by atoms with Gasteiger partial charge in [0.15, 0.2) is 5.69 Å². The highest BCUT2D eigenvalue weighted by atomic mass is 16.2. The fraction of sp³-hybridized carbons (Fsp3) is 0.227. The summed E-state index contributed by atoms with van der Waals surface area (Å²) in [6.45, 7) is 1.92. The molecule has 0 saturated heterocycles. The average molecular weight is 374 g/mol. The zero-order valence-corrected chi connectivity index (χ0v) is 15.8. The van der Waals surface area contributed by atoms with Gasteiger partial charge in [0.2, 0.25) is 0 Å². The predicted molar refractivity (Wildman–Crippen MR) is 110 cm³/mol. The summed E-state index contributed by atoms with van der Waals surface area (Å²) in [5, 5.41) is 8.06. The minimum Gasteiger partial charge on any atom is -0.354 e. The Morgan fingerprint density at radius 1 is 1.07 bits per heavy atom. The largest absolute Gasteiger partial charge is 0.354 e. The molecule has 0 unspecified atom stereocenters. The molecular weight excluding hydrogens is 352 g/mol. The van der Waals surface area contributed by atoms with Crippen LogP contribution in [0, 0.1) is 0 Å². The molecule has 1 aliphatic heterocycles. The van der Waals surface area contributed by atoms with E-state index in [1.54, 1.807) is 31.3 Å². The molecule has 142 valence electrons. The Bertz CT molecular complexity index is 1100. The molecule has 3 aromatic rings. The highest BCUT2D eigenvalue weighted by Gasteiger charge is 2.18. The van der Waals surface area contributed by atoms with Crippen molar-refractivity contribution in [1.29, 1.82) is 0 Å². The normalized spacial score (nSPS) is 14.7. The van der Waals surface area contributed by atoms with E-state index in [9.17, 15) is 9.59 Å². The van der Waals surface area contributed by atoms with Crippen molar-refractivity contribution in [3.05, 3.63) is 82.3 Å². The maximum Gasteiger partial charge on any atom is 0.275 e. The predicted octanol–water partition coefficient (Wildman–Crippen LogP) is 2.50. The molecule has 0 atom stereocenters. The molecule has 1 aliphatic rings. The van der Waals surface area contributed by atoms with Gasteiger partial charge in [0.1, 0.15) is 0 Å². The van der Waals surface area contributed by atoms with E-state index >= 15 is 0 Å². The van der Waals surface area contributed by atoms with Crippen LogP contribution in [0.3, 0.4) is 0 Å². The van der Waals surface area contributed by atoms with Crippen LogP contribution < -0.4 is 10.9 Å². The summed E-state index contributed by atoms with van der Waals surface area (Å²) < 4.78 is 1.40. The minimum atomic E-state index is -0.296. The molecule has 0 aliphatic carbocycles. The van der Waals surface area contributed by atoms with Gasteiger partial charge in [0, 0.05) is 25.5 Å². The van der Waals surface area contributed by atoms with Gasteiger partial charge in [-0.3, -0.25) is 14.5 Å². The summed E-state index contributed by atoms with van der Waals surface area (Å²) in [6, 6.07) is 17.4. The summed E-state index contributed by atoms with van der Waals surface area (Å²) in [5.74, 6) is -0.296. The molecule has 6 heteroatoms. The number of benzene rings is 2. The maximum atomic E-state index is 12.9. The number of hydrogen-bond donors (Lipinski definition) is 1. The third-order valence-corrected chi connectivity index (χ3v) is 5.08. The molecule has 28 heavy (non-hydrogen) atoms. The van der Waals surface area contributed by atoms with Crippen LogP contribution in [0.2, 0.25) is 0 Å². The Hall–Kier alpha value is -3.25. The van der Waals surface area contributed by atoms with Gasteiger partial charge in [-0.15, -0.1) is 0 Å². The first-order chi connectivity index (χ1) is 13.7. The second-order valence-electron chi connectivity index (χ2n) is 6.84.